The van der Waals surface area contributed by atoms with E-state index in [9.17, 15) is 0 Å². The van der Waals surface area contributed by atoms with Crippen molar-refractivity contribution in [1.29, 1.82) is 0 Å². The fourth-order valence-electron chi connectivity index (χ4n) is 2.96. The highest BCUT2D eigenvalue weighted by Gasteiger charge is 2.11. The molecule has 0 aromatic rings. The number of ether oxygens (including phenoxy) is 2. The van der Waals surface area contributed by atoms with Gasteiger partial charge in [-0.15, -0.1) is 0 Å². The Balaban J connectivity index is 3.89. The highest BCUT2D eigenvalue weighted by atomic mass is 16.5. The molecule has 0 aliphatic carbocycles. The van der Waals surface area contributed by atoms with E-state index in [0.29, 0.717) is 12.2 Å². The second-order valence-corrected chi connectivity index (χ2v) is 6.51. The Morgan fingerprint density at radius 2 is 1.04 bits per heavy atom. The number of hydrogen-bond donors (Lipinski definition) is 1. The average Bonchev–Trinajstić information content (AvgIpc) is 2.55. The van der Waals surface area contributed by atoms with Gasteiger partial charge in [-0.3, -0.25) is 0 Å². The van der Waals surface area contributed by atoms with Gasteiger partial charge in [-0.2, -0.15) is 0 Å². The summed E-state index contributed by atoms with van der Waals surface area (Å²) < 4.78 is 11.7. The van der Waals surface area contributed by atoms with Crippen LogP contribution in [0, 0.1) is 0 Å². The number of nitrogens with one attached hydrogen (secondary N) is 1. The molecule has 3 heteroatoms. The normalized spacial score (nSPS) is 14.1. The van der Waals surface area contributed by atoms with Crippen molar-refractivity contribution in [2.45, 2.75) is 104 Å². The first-order valence-electron chi connectivity index (χ1n) is 10.2. The molecular formula is C20H43NO2. The maximum absolute atomic E-state index is 5.87. The van der Waals surface area contributed by atoms with Gasteiger partial charge in [0.15, 0.2) is 0 Å². The first-order chi connectivity index (χ1) is 11.3. The van der Waals surface area contributed by atoms with E-state index in [1.54, 1.807) is 0 Å². The molecule has 0 rings (SSSR count). The zero-order valence-electron chi connectivity index (χ0n) is 16.4. The van der Waals surface area contributed by atoms with Gasteiger partial charge in [-0.05, 0) is 26.7 Å². The average molecular weight is 330 g/mol. The van der Waals surface area contributed by atoms with Crippen LogP contribution in [0.1, 0.15) is 91.9 Å². The molecule has 0 heterocycles. The van der Waals surface area contributed by atoms with Crippen LogP contribution in [0.5, 0.6) is 0 Å². The first kappa shape index (κ1) is 22.9. The van der Waals surface area contributed by atoms with Gasteiger partial charge in [0.25, 0.3) is 0 Å². The summed E-state index contributed by atoms with van der Waals surface area (Å²) in [5, 5.41) is 3.59. The fourth-order valence-corrected chi connectivity index (χ4v) is 2.96. The molecule has 0 radical (unpaired) electrons. The quantitative estimate of drug-likeness (QED) is 0.345. The van der Waals surface area contributed by atoms with Crippen molar-refractivity contribution >= 4 is 0 Å². The molecule has 0 saturated heterocycles. The van der Waals surface area contributed by atoms with Crippen LogP contribution in [0.25, 0.3) is 0 Å². The largest absolute Gasteiger partial charge is 0.377 e. The molecule has 0 spiro atoms. The molecular weight excluding hydrogens is 286 g/mol. The Kier molecular flexibility index (Phi) is 18.1. The lowest BCUT2D eigenvalue weighted by atomic mass is 10.1. The highest BCUT2D eigenvalue weighted by molar-refractivity contribution is 4.67. The van der Waals surface area contributed by atoms with Crippen LogP contribution < -0.4 is 5.32 Å². The lowest BCUT2D eigenvalue weighted by Gasteiger charge is -2.21. The summed E-state index contributed by atoms with van der Waals surface area (Å²) in [5.74, 6) is 0. The summed E-state index contributed by atoms with van der Waals surface area (Å²) in [6.07, 6.45) is 13.6. The zero-order valence-corrected chi connectivity index (χ0v) is 16.4. The summed E-state index contributed by atoms with van der Waals surface area (Å²) in [4.78, 5) is 0. The van der Waals surface area contributed by atoms with Crippen molar-refractivity contribution in [3.8, 4) is 0 Å². The van der Waals surface area contributed by atoms with Crippen LogP contribution in [0.15, 0.2) is 0 Å². The summed E-state index contributed by atoms with van der Waals surface area (Å²) in [6.45, 7) is 12.2. The molecule has 0 aliphatic heterocycles. The molecule has 2 unspecified atom stereocenters. The van der Waals surface area contributed by atoms with Gasteiger partial charge in [0.05, 0.1) is 12.2 Å². The molecule has 0 amide bonds. The fraction of sp³-hybridized carbons (Fsp3) is 1.00. The number of hydrogen-bond acceptors (Lipinski definition) is 3. The Hall–Kier alpha value is -0.120. The van der Waals surface area contributed by atoms with E-state index in [4.69, 9.17) is 9.47 Å². The van der Waals surface area contributed by atoms with Crippen LogP contribution in [-0.2, 0) is 9.47 Å². The van der Waals surface area contributed by atoms with Crippen molar-refractivity contribution in [2.75, 3.05) is 26.3 Å². The summed E-state index contributed by atoms with van der Waals surface area (Å²) in [6, 6.07) is 0. The monoisotopic (exact) mass is 329 g/mol. The maximum Gasteiger partial charge on any atom is 0.0699 e. The molecule has 1 N–H and O–H groups in total. The SMILES string of the molecule is CCCCCCC(CNCC(CCCCCC)OCC)OCC. The third kappa shape index (κ3) is 15.2. The van der Waals surface area contributed by atoms with Gasteiger partial charge in [0.1, 0.15) is 0 Å². The molecule has 2 atom stereocenters. The van der Waals surface area contributed by atoms with Crippen LogP contribution in [0.2, 0.25) is 0 Å². The Morgan fingerprint density at radius 3 is 1.39 bits per heavy atom. The molecule has 0 saturated carbocycles. The van der Waals surface area contributed by atoms with E-state index in [2.05, 4.69) is 33.0 Å². The molecule has 3 nitrogen and oxygen atoms in total. The molecule has 0 aliphatic rings. The van der Waals surface area contributed by atoms with E-state index in [0.717, 1.165) is 26.3 Å². The molecule has 140 valence electrons. The van der Waals surface area contributed by atoms with Gasteiger partial charge in [-0.1, -0.05) is 65.2 Å². The Bertz CT molecular complexity index is 202. The lowest BCUT2D eigenvalue weighted by molar-refractivity contribution is 0.0371. The molecule has 0 aromatic heterocycles. The molecule has 0 bridgehead atoms. The van der Waals surface area contributed by atoms with Crippen molar-refractivity contribution in [1.82, 2.24) is 5.32 Å². The predicted octanol–water partition coefficient (Wildman–Crippen LogP) is 5.33. The van der Waals surface area contributed by atoms with Gasteiger partial charge in [-0.25, -0.2) is 0 Å². The van der Waals surface area contributed by atoms with Crippen molar-refractivity contribution in [3.63, 3.8) is 0 Å². The van der Waals surface area contributed by atoms with Crippen molar-refractivity contribution in [3.05, 3.63) is 0 Å². The smallest absolute Gasteiger partial charge is 0.0699 e. The molecule has 0 aromatic carbocycles. The summed E-state index contributed by atoms with van der Waals surface area (Å²) >= 11 is 0. The first-order valence-corrected chi connectivity index (χ1v) is 10.2. The van der Waals surface area contributed by atoms with E-state index in [-0.39, 0.29) is 0 Å². The minimum Gasteiger partial charge on any atom is -0.377 e. The second kappa shape index (κ2) is 18.2. The second-order valence-electron chi connectivity index (χ2n) is 6.51. The van der Waals surface area contributed by atoms with Crippen molar-refractivity contribution < 1.29 is 9.47 Å². The van der Waals surface area contributed by atoms with Crippen LogP contribution in [-0.4, -0.2) is 38.5 Å². The van der Waals surface area contributed by atoms with Crippen LogP contribution >= 0.6 is 0 Å². The topological polar surface area (TPSA) is 30.5 Å². The maximum atomic E-state index is 5.87. The van der Waals surface area contributed by atoms with Gasteiger partial charge < -0.3 is 14.8 Å². The third-order valence-electron chi connectivity index (χ3n) is 4.31. The van der Waals surface area contributed by atoms with Gasteiger partial charge in [0, 0.05) is 26.3 Å². The minimum atomic E-state index is 0.360. The van der Waals surface area contributed by atoms with Crippen LogP contribution in [0.3, 0.4) is 0 Å². The van der Waals surface area contributed by atoms with E-state index >= 15 is 0 Å². The molecule has 0 fully saturated rings. The molecule has 23 heavy (non-hydrogen) atoms. The van der Waals surface area contributed by atoms with Crippen LogP contribution in [0.4, 0.5) is 0 Å². The summed E-state index contributed by atoms with van der Waals surface area (Å²) in [7, 11) is 0. The van der Waals surface area contributed by atoms with Gasteiger partial charge >= 0.3 is 0 Å². The lowest BCUT2D eigenvalue weighted by Crippen LogP contribution is -2.35. The van der Waals surface area contributed by atoms with Crippen molar-refractivity contribution in [2.24, 2.45) is 0 Å². The van der Waals surface area contributed by atoms with E-state index in [1.165, 1.54) is 64.2 Å². The predicted molar refractivity (Wildman–Crippen MR) is 101 cm³/mol. The van der Waals surface area contributed by atoms with Gasteiger partial charge in [0.2, 0.25) is 0 Å². The van der Waals surface area contributed by atoms with E-state index in [1.807, 2.05) is 0 Å². The number of unbranched alkanes of at least 4 members (excludes halogenated alkanes) is 6. The Morgan fingerprint density at radius 1 is 0.609 bits per heavy atom. The minimum absolute atomic E-state index is 0.360. The zero-order chi connectivity index (χ0) is 17.2. The standard InChI is InChI=1S/C20H43NO2/c1-5-9-11-13-15-19(22-7-3)17-21-18-20(23-8-4)16-14-12-10-6-2/h19-21H,5-18H2,1-4H3. The number of rotatable bonds is 18. The highest BCUT2D eigenvalue weighted by Crippen LogP contribution is 2.10. The Labute approximate surface area is 145 Å². The summed E-state index contributed by atoms with van der Waals surface area (Å²) in [5.41, 5.74) is 0. The van der Waals surface area contributed by atoms with E-state index < -0.39 is 0 Å². The third-order valence-corrected chi connectivity index (χ3v) is 4.31.